The van der Waals surface area contributed by atoms with Crippen molar-refractivity contribution in [2.45, 2.75) is 6.92 Å². The molecule has 0 amide bonds. The van der Waals surface area contributed by atoms with Gasteiger partial charge in [-0.05, 0) is 30.7 Å². The highest BCUT2D eigenvalue weighted by Crippen LogP contribution is 2.30. The van der Waals surface area contributed by atoms with Gasteiger partial charge in [-0.2, -0.15) is 0 Å². The topological polar surface area (TPSA) is 60.5 Å². The molecule has 2 heterocycles. The number of aliphatic imine (C=N–C) groups is 1. The molecule has 0 fully saturated rings. The average Bonchev–Trinajstić information content (AvgIpc) is 2.91. The van der Waals surface area contributed by atoms with Crippen molar-refractivity contribution >= 4 is 28.8 Å². The number of ether oxygens (including phenoxy) is 1. The van der Waals surface area contributed by atoms with E-state index in [1.54, 1.807) is 24.6 Å². The Morgan fingerprint density at radius 2 is 2.13 bits per heavy atom. The minimum Gasteiger partial charge on any atom is -0.431 e. The maximum absolute atomic E-state index is 13.8. The van der Waals surface area contributed by atoms with Gasteiger partial charge in [-0.15, -0.1) is 0 Å². The zero-order valence-corrected chi connectivity index (χ0v) is 13.0. The Balaban J connectivity index is 1.83. The molecule has 3 rings (SSSR count). The van der Waals surface area contributed by atoms with E-state index in [0.29, 0.717) is 34.3 Å². The second kappa shape index (κ2) is 6.29. The Morgan fingerprint density at radius 1 is 1.30 bits per heavy atom. The first-order valence-electron chi connectivity index (χ1n) is 6.78. The SMILES string of the molecule is CC1=C(F)C=C(c2csc(Oc3ccc(N)c(F)c3)n2)C=NC1. The molecule has 1 aromatic carbocycles. The molecule has 1 aliphatic rings. The Bertz CT molecular complexity index is 840. The maximum Gasteiger partial charge on any atom is 0.279 e. The number of aromatic nitrogens is 1. The van der Waals surface area contributed by atoms with Crippen molar-refractivity contribution in [3.8, 4) is 10.9 Å². The van der Waals surface area contributed by atoms with Gasteiger partial charge < -0.3 is 10.5 Å². The fourth-order valence-corrected chi connectivity index (χ4v) is 2.60. The fraction of sp³-hybridized carbons (Fsp3) is 0.125. The summed E-state index contributed by atoms with van der Waals surface area (Å²) >= 11 is 1.23. The quantitative estimate of drug-likeness (QED) is 0.849. The largest absolute Gasteiger partial charge is 0.431 e. The molecule has 1 aromatic heterocycles. The molecule has 0 saturated heterocycles. The third-order valence-electron chi connectivity index (χ3n) is 3.20. The van der Waals surface area contributed by atoms with Gasteiger partial charge in [-0.1, -0.05) is 11.3 Å². The van der Waals surface area contributed by atoms with Crippen molar-refractivity contribution < 1.29 is 13.5 Å². The number of nitrogens with zero attached hydrogens (tertiary/aromatic N) is 2. The molecule has 0 spiro atoms. The van der Waals surface area contributed by atoms with Crippen LogP contribution in [0.2, 0.25) is 0 Å². The second-order valence-corrected chi connectivity index (χ2v) is 5.80. The third-order valence-corrected chi connectivity index (χ3v) is 3.92. The molecule has 2 aromatic rings. The first-order chi connectivity index (χ1) is 11.0. The lowest BCUT2D eigenvalue weighted by atomic mass is 10.2. The summed E-state index contributed by atoms with van der Waals surface area (Å²) in [5.74, 6) is -0.572. The third kappa shape index (κ3) is 3.45. The second-order valence-electron chi connectivity index (χ2n) is 4.98. The molecule has 118 valence electrons. The Hall–Kier alpha value is -2.54. The van der Waals surface area contributed by atoms with Gasteiger partial charge in [0.15, 0.2) is 0 Å². The van der Waals surface area contributed by atoms with Crippen LogP contribution in [-0.2, 0) is 0 Å². The fourth-order valence-electron chi connectivity index (χ4n) is 1.90. The normalized spacial score (nSPS) is 14.7. The van der Waals surface area contributed by atoms with Crippen molar-refractivity contribution in [1.82, 2.24) is 4.98 Å². The van der Waals surface area contributed by atoms with Crippen molar-refractivity contribution in [1.29, 1.82) is 0 Å². The van der Waals surface area contributed by atoms with E-state index < -0.39 is 5.82 Å². The summed E-state index contributed by atoms with van der Waals surface area (Å²) in [7, 11) is 0. The summed E-state index contributed by atoms with van der Waals surface area (Å²) in [5, 5.41) is 2.05. The molecule has 0 radical (unpaired) electrons. The van der Waals surface area contributed by atoms with E-state index in [0.717, 1.165) is 0 Å². The van der Waals surface area contributed by atoms with Gasteiger partial charge in [0.25, 0.3) is 5.19 Å². The van der Waals surface area contributed by atoms with E-state index in [4.69, 9.17) is 10.5 Å². The maximum atomic E-state index is 13.8. The predicted molar refractivity (Wildman–Crippen MR) is 88.1 cm³/mol. The summed E-state index contributed by atoms with van der Waals surface area (Å²) in [6.07, 6.45) is 2.98. The van der Waals surface area contributed by atoms with Gasteiger partial charge in [0.2, 0.25) is 0 Å². The Labute approximate surface area is 135 Å². The van der Waals surface area contributed by atoms with Gasteiger partial charge in [-0.25, -0.2) is 13.8 Å². The van der Waals surface area contributed by atoms with Crippen LogP contribution in [0.5, 0.6) is 10.9 Å². The molecular formula is C16H13F2N3OS. The van der Waals surface area contributed by atoms with E-state index in [1.165, 1.54) is 29.5 Å². The highest BCUT2D eigenvalue weighted by molar-refractivity contribution is 7.11. The van der Waals surface area contributed by atoms with Crippen LogP contribution in [0.3, 0.4) is 0 Å². The lowest BCUT2D eigenvalue weighted by Gasteiger charge is -2.02. The summed E-state index contributed by atoms with van der Waals surface area (Å²) in [4.78, 5) is 8.42. The molecule has 0 atom stereocenters. The summed E-state index contributed by atoms with van der Waals surface area (Å²) in [5.41, 5.74) is 7.15. The number of thiazole rings is 1. The molecular weight excluding hydrogens is 320 g/mol. The minimum atomic E-state index is -0.555. The van der Waals surface area contributed by atoms with Crippen molar-refractivity contribution in [3.05, 3.63) is 52.6 Å². The number of benzene rings is 1. The van der Waals surface area contributed by atoms with E-state index in [9.17, 15) is 8.78 Å². The van der Waals surface area contributed by atoms with Crippen LogP contribution in [0.4, 0.5) is 14.5 Å². The molecule has 23 heavy (non-hydrogen) atoms. The molecule has 1 aliphatic heterocycles. The van der Waals surface area contributed by atoms with Gasteiger partial charge in [0.1, 0.15) is 17.4 Å². The van der Waals surface area contributed by atoms with Gasteiger partial charge in [0.05, 0.1) is 17.9 Å². The van der Waals surface area contributed by atoms with Crippen molar-refractivity contribution in [2.75, 3.05) is 12.3 Å². The zero-order chi connectivity index (χ0) is 16.4. The molecule has 0 aliphatic carbocycles. The molecule has 2 N–H and O–H groups in total. The van der Waals surface area contributed by atoms with Crippen molar-refractivity contribution in [2.24, 2.45) is 4.99 Å². The van der Waals surface area contributed by atoms with Crippen LogP contribution < -0.4 is 10.5 Å². The van der Waals surface area contributed by atoms with Crippen LogP contribution in [-0.4, -0.2) is 17.7 Å². The Morgan fingerprint density at radius 3 is 2.91 bits per heavy atom. The molecule has 0 unspecified atom stereocenters. The number of hydrogen-bond donors (Lipinski definition) is 1. The monoisotopic (exact) mass is 333 g/mol. The number of hydrogen-bond acceptors (Lipinski definition) is 5. The lowest BCUT2D eigenvalue weighted by Crippen LogP contribution is -1.92. The summed E-state index contributed by atoms with van der Waals surface area (Å²) in [6.45, 7) is 2.02. The van der Waals surface area contributed by atoms with Crippen LogP contribution in [0, 0.1) is 5.82 Å². The van der Waals surface area contributed by atoms with Crippen LogP contribution in [0.25, 0.3) is 5.57 Å². The number of rotatable bonds is 3. The first-order valence-corrected chi connectivity index (χ1v) is 7.66. The van der Waals surface area contributed by atoms with Crippen LogP contribution in [0.1, 0.15) is 12.6 Å². The Kier molecular flexibility index (Phi) is 4.20. The highest BCUT2D eigenvalue weighted by atomic mass is 32.1. The van der Waals surface area contributed by atoms with Gasteiger partial charge in [-0.3, -0.25) is 4.99 Å². The molecule has 7 heteroatoms. The average molecular weight is 333 g/mol. The smallest absolute Gasteiger partial charge is 0.279 e. The van der Waals surface area contributed by atoms with E-state index in [-0.39, 0.29) is 11.5 Å². The van der Waals surface area contributed by atoms with Gasteiger partial charge >= 0.3 is 0 Å². The first kappa shape index (κ1) is 15.4. The summed E-state index contributed by atoms with van der Waals surface area (Å²) < 4.78 is 32.7. The highest BCUT2D eigenvalue weighted by Gasteiger charge is 2.12. The number of nitrogen functional groups attached to an aromatic ring is 1. The number of anilines is 1. The predicted octanol–water partition coefficient (Wildman–Crippen LogP) is 4.37. The molecule has 4 nitrogen and oxygen atoms in total. The van der Waals surface area contributed by atoms with Crippen molar-refractivity contribution in [3.63, 3.8) is 0 Å². The molecule has 0 saturated carbocycles. The van der Waals surface area contributed by atoms with E-state index in [1.807, 2.05) is 0 Å². The van der Waals surface area contributed by atoms with Crippen LogP contribution in [0.15, 0.2) is 46.0 Å². The number of allylic oxidation sites excluding steroid dienone is 3. The van der Waals surface area contributed by atoms with E-state index in [2.05, 4.69) is 9.98 Å². The lowest BCUT2D eigenvalue weighted by molar-refractivity contribution is 0.473. The van der Waals surface area contributed by atoms with E-state index >= 15 is 0 Å². The van der Waals surface area contributed by atoms with Gasteiger partial charge in [0, 0.05) is 23.2 Å². The zero-order valence-electron chi connectivity index (χ0n) is 12.2. The molecule has 0 bridgehead atoms. The minimum absolute atomic E-state index is 0.0506. The number of nitrogens with two attached hydrogens (primary N) is 1. The van der Waals surface area contributed by atoms with Crippen LogP contribution >= 0.6 is 11.3 Å². The standard InChI is InChI=1S/C16H13F2N3OS/c1-9-6-20-7-10(4-12(9)17)15-8-23-16(21-15)22-11-2-3-14(19)13(18)5-11/h2-5,7-8H,6,19H2,1H3. The summed E-state index contributed by atoms with van der Waals surface area (Å²) in [6, 6.07) is 4.16. The number of halogens is 2.